The van der Waals surface area contributed by atoms with Crippen LogP contribution in [0.1, 0.15) is 31.1 Å². The minimum absolute atomic E-state index is 0.307. The Morgan fingerprint density at radius 2 is 1.88 bits per heavy atom. The van der Waals surface area contributed by atoms with E-state index in [1.165, 1.54) is 18.0 Å². The molecule has 1 aromatic heterocycles. The Balaban J connectivity index is 2.27. The first-order valence-electron chi connectivity index (χ1n) is 8.33. The lowest BCUT2D eigenvalue weighted by Crippen LogP contribution is -2.21. The van der Waals surface area contributed by atoms with E-state index in [4.69, 9.17) is 4.74 Å². The van der Waals surface area contributed by atoms with Crippen LogP contribution < -0.4 is 10.2 Å². The molecule has 0 spiro atoms. The van der Waals surface area contributed by atoms with E-state index >= 15 is 0 Å². The number of benzene rings is 1. The van der Waals surface area contributed by atoms with E-state index in [-0.39, 0.29) is 0 Å². The van der Waals surface area contributed by atoms with Crippen LogP contribution in [-0.2, 0) is 4.74 Å². The van der Waals surface area contributed by atoms with Crippen molar-refractivity contribution in [2.24, 2.45) is 0 Å². The van der Waals surface area contributed by atoms with Gasteiger partial charge in [0.1, 0.15) is 11.4 Å². The zero-order valence-electron chi connectivity index (χ0n) is 15.1. The molecule has 1 N–H and O–H groups in total. The van der Waals surface area contributed by atoms with Crippen molar-refractivity contribution >= 4 is 34.9 Å². The Bertz CT molecular complexity index is 703. The number of hydrogen-bond acceptors (Lipinski definition) is 7. The molecule has 25 heavy (non-hydrogen) atoms. The molecule has 7 heteroatoms. The summed E-state index contributed by atoms with van der Waals surface area (Å²) in [6.07, 6.45) is 3.39. The fraction of sp³-hybridized carbons (Fsp3) is 0.389. The summed E-state index contributed by atoms with van der Waals surface area (Å²) in [7, 11) is 0. The van der Waals surface area contributed by atoms with Crippen molar-refractivity contribution in [1.82, 2.24) is 9.97 Å². The van der Waals surface area contributed by atoms with Gasteiger partial charge >= 0.3 is 5.97 Å². The number of esters is 1. The Kier molecular flexibility index (Phi) is 7.06. The van der Waals surface area contributed by atoms with E-state index in [0.717, 1.165) is 24.5 Å². The molecule has 0 aliphatic heterocycles. The van der Waals surface area contributed by atoms with Crippen LogP contribution >= 0.6 is 11.8 Å². The molecule has 2 rings (SSSR count). The van der Waals surface area contributed by atoms with Crippen molar-refractivity contribution in [3.8, 4) is 0 Å². The highest BCUT2D eigenvalue weighted by atomic mass is 32.2. The third-order valence-electron chi connectivity index (χ3n) is 3.70. The number of rotatable bonds is 8. The predicted molar refractivity (Wildman–Crippen MR) is 103 cm³/mol. The van der Waals surface area contributed by atoms with Gasteiger partial charge in [0.25, 0.3) is 0 Å². The minimum Gasteiger partial charge on any atom is -0.462 e. The molecular formula is C18H24N4O2S. The monoisotopic (exact) mass is 360 g/mol. The number of aromatic nitrogens is 2. The predicted octanol–water partition coefficient (Wildman–Crippen LogP) is 3.97. The Morgan fingerprint density at radius 1 is 1.20 bits per heavy atom. The molecule has 1 aromatic carbocycles. The van der Waals surface area contributed by atoms with E-state index in [1.807, 2.05) is 18.4 Å². The molecule has 134 valence electrons. The number of thioether (sulfide) groups is 1. The summed E-state index contributed by atoms with van der Waals surface area (Å²) in [5.74, 6) is 0.0193. The molecule has 6 nitrogen and oxygen atoms in total. The maximum absolute atomic E-state index is 12.1. The summed E-state index contributed by atoms with van der Waals surface area (Å²) >= 11 is 1.42. The first-order chi connectivity index (χ1) is 12.1. The molecule has 0 radical (unpaired) electrons. The van der Waals surface area contributed by atoms with Gasteiger partial charge in [-0.25, -0.2) is 14.8 Å². The van der Waals surface area contributed by atoms with Gasteiger partial charge in [0.05, 0.1) is 6.61 Å². The van der Waals surface area contributed by atoms with E-state index in [0.29, 0.717) is 23.1 Å². The van der Waals surface area contributed by atoms with Crippen molar-refractivity contribution in [2.75, 3.05) is 36.2 Å². The van der Waals surface area contributed by atoms with Crippen LogP contribution in [0.5, 0.6) is 0 Å². The Morgan fingerprint density at radius 3 is 2.44 bits per heavy atom. The molecule has 0 atom stereocenters. The topological polar surface area (TPSA) is 67.3 Å². The Hall–Kier alpha value is -2.28. The summed E-state index contributed by atoms with van der Waals surface area (Å²) in [6, 6.07) is 8.05. The second kappa shape index (κ2) is 9.27. The minimum atomic E-state index is -0.433. The van der Waals surface area contributed by atoms with Crippen LogP contribution in [0.4, 0.5) is 17.2 Å². The van der Waals surface area contributed by atoms with Crippen LogP contribution in [0.15, 0.2) is 35.6 Å². The highest BCUT2D eigenvalue weighted by Gasteiger charge is 2.16. The second-order valence-corrected chi connectivity index (χ2v) is 5.96. The molecule has 0 amide bonds. The van der Waals surface area contributed by atoms with Crippen LogP contribution in [0.2, 0.25) is 0 Å². The molecule has 0 unspecified atom stereocenters. The fourth-order valence-corrected chi connectivity index (χ4v) is 2.74. The van der Waals surface area contributed by atoms with Gasteiger partial charge in [0.15, 0.2) is 5.16 Å². The van der Waals surface area contributed by atoms with Crippen molar-refractivity contribution < 1.29 is 9.53 Å². The van der Waals surface area contributed by atoms with Gasteiger partial charge in [0.2, 0.25) is 0 Å². The van der Waals surface area contributed by atoms with Gasteiger partial charge in [0, 0.05) is 30.7 Å². The van der Waals surface area contributed by atoms with Crippen LogP contribution in [0.25, 0.3) is 0 Å². The molecule has 0 aliphatic carbocycles. The van der Waals surface area contributed by atoms with Crippen LogP contribution in [-0.4, -0.2) is 41.9 Å². The zero-order chi connectivity index (χ0) is 18.2. The lowest BCUT2D eigenvalue weighted by molar-refractivity contribution is 0.0526. The number of nitrogens with one attached hydrogen (secondary N) is 1. The molecule has 1 heterocycles. The maximum atomic E-state index is 12.1. The summed E-state index contributed by atoms with van der Waals surface area (Å²) in [5.41, 5.74) is 2.34. The van der Waals surface area contributed by atoms with E-state index in [9.17, 15) is 4.79 Å². The lowest BCUT2D eigenvalue weighted by atomic mass is 10.2. The third-order valence-corrected chi connectivity index (χ3v) is 4.27. The molecule has 2 aromatic rings. The summed E-state index contributed by atoms with van der Waals surface area (Å²) in [6.45, 7) is 8.26. The first-order valence-corrected chi connectivity index (χ1v) is 9.55. The van der Waals surface area contributed by atoms with Crippen molar-refractivity contribution in [3.05, 3.63) is 36.0 Å². The van der Waals surface area contributed by atoms with Gasteiger partial charge in [-0.3, -0.25) is 0 Å². The summed E-state index contributed by atoms with van der Waals surface area (Å²) in [4.78, 5) is 23.0. The quantitative estimate of drug-likeness (QED) is 0.434. The lowest BCUT2D eigenvalue weighted by Gasteiger charge is -2.21. The molecule has 0 fully saturated rings. The number of carbonyl (C=O) groups is 1. The van der Waals surface area contributed by atoms with Gasteiger partial charge in [-0.05, 0) is 51.3 Å². The third kappa shape index (κ3) is 4.85. The average molecular weight is 360 g/mol. The highest BCUT2D eigenvalue weighted by molar-refractivity contribution is 7.98. The number of anilines is 3. The number of hydrogen-bond donors (Lipinski definition) is 1. The molecule has 0 bridgehead atoms. The highest BCUT2D eigenvalue weighted by Crippen LogP contribution is 2.24. The number of nitrogens with zero attached hydrogens (tertiary/aromatic N) is 3. The molecule has 0 aliphatic rings. The van der Waals surface area contributed by atoms with Gasteiger partial charge < -0.3 is 15.0 Å². The normalized spacial score (nSPS) is 10.4. The fourth-order valence-electron chi connectivity index (χ4n) is 2.40. The van der Waals surface area contributed by atoms with Crippen molar-refractivity contribution in [2.45, 2.75) is 25.9 Å². The van der Waals surface area contributed by atoms with Gasteiger partial charge in [-0.1, -0.05) is 11.8 Å². The zero-order valence-corrected chi connectivity index (χ0v) is 15.9. The maximum Gasteiger partial charge on any atom is 0.343 e. The summed E-state index contributed by atoms with van der Waals surface area (Å²) in [5, 5.41) is 3.80. The van der Waals surface area contributed by atoms with E-state index in [2.05, 4.69) is 46.2 Å². The smallest absolute Gasteiger partial charge is 0.343 e. The molecular weight excluding hydrogens is 336 g/mol. The summed E-state index contributed by atoms with van der Waals surface area (Å²) < 4.78 is 5.09. The van der Waals surface area contributed by atoms with Crippen molar-refractivity contribution in [1.29, 1.82) is 0 Å². The number of carbonyl (C=O) groups excluding carboxylic acids is 1. The van der Waals surface area contributed by atoms with Crippen LogP contribution in [0, 0.1) is 0 Å². The molecule has 0 saturated carbocycles. The Labute approximate surface area is 153 Å². The SMILES string of the molecule is CCOC(=O)c1cnc(SC)nc1Nc1ccc(N(CC)CC)cc1. The standard InChI is InChI=1S/C18H24N4O2S/c1-5-22(6-2)14-10-8-13(9-11-14)20-16-15(17(23)24-7-3)12-19-18(21-16)25-4/h8-12H,5-7H2,1-4H3,(H,19,20,21). The van der Waals surface area contributed by atoms with Crippen molar-refractivity contribution in [3.63, 3.8) is 0 Å². The number of ether oxygens (including phenoxy) is 1. The largest absolute Gasteiger partial charge is 0.462 e. The van der Waals surface area contributed by atoms with Gasteiger partial charge in [-0.2, -0.15) is 0 Å². The average Bonchev–Trinajstić information content (AvgIpc) is 2.64. The van der Waals surface area contributed by atoms with E-state index in [1.54, 1.807) is 6.92 Å². The van der Waals surface area contributed by atoms with Gasteiger partial charge in [-0.15, -0.1) is 0 Å². The first kappa shape index (κ1) is 19.1. The van der Waals surface area contributed by atoms with Crippen LogP contribution in [0.3, 0.4) is 0 Å². The second-order valence-electron chi connectivity index (χ2n) is 5.18. The van der Waals surface area contributed by atoms with E-state index < -0.39 is 5.97 Å². The molecule has 0 saturated heterocycles.